The number of aromatic hydroxyl groups is 1. The number of hydrogen-bond donors (Lipinski definition) is 2. The Balaban J connectivity index is 2.29. The quantitative estimate of drug-likeness (QED) is 0.293. The molecule has 2 N–H and O–H groups in total. The Bertz CT molecular complexity index is 504. The van der Waals surface area contributed by atoms with Crippen molar-refractivity contribution >= 4 is 6.08 Å². The van der Waals surface area contributed by atoms with Gasteiger partial charge in [-0.15, -0.1) is 10.1 Å². The second-order valence-electron chi connectivity index (χ2n) is 4.32. The van der Waals surface area contributed by atoms with Crippen molar-refractivity contribution in [3.05, 3.63) is 40.0 Å². The molecule has 0 saturated carbocycles. The van der Waals surface area contributed by atoms with Crippen molar-refractivity contribution in [2.45, 2.75) is 19.1 Å². The molecule has 8 heteroatoms. The predicted octanol–water partition coefficient (Wildman–Crippen LogP) is 1.74. The molecule has 0 radical (unpaired) electrons. The average molecular weight is 313 g/mol. The lowest BCUT2D eigenvalue weighted by Gasteiger charge is -2.08. The van der Waals surface area contributed by atoms with Gasteiger partial charge in [-0.1, -0.05) is 12.1 Å². The van der Waals surface area contributed by atoms with Crippen molar-refractivity contribution in [3.8, 4) is 11.5 Å². The van der Waals surface area contributed by atoms with Gasteiger partial charge in [-0.2, -0.15) is 0 Å². The first-order valence-electron chi connectivity index (χ1n) is 6.65. The highest BCUT2D eigenvalue weighted by atomic mass is 16.9. The maximum Gasteiger partial charge on any atom is 0.294 e. The van der Waals surface area contributed by atoms with Crippen molar-refractivity contribution in [2.75, 3.05) is 20.3 Å². The van der Waals surface area contributed by atoms with E-state index in [2.05, 4.69) is 4.84 Å². The van der Waals surface area contributed by atoms with Crippen LogP contribution in [0.3, 0.4) is 0 Å². The number of aliphatic hydroxyl groups excluding tert-OH is 1. The van der Waals surface area contributed by atoms with Gasteiger partial charge >= 0.3 is 0 Å². The predicted molar refractivity (Wildman–Crippen MR) is 77.8 cm³/mol. The average Bonchev–Trinajstić information content (AvgIpc) is 2.49. The number of phenolic OH excluding ortho intramolecular Hbond substituents is 1. The van der Waals surface area contributed by atoms with Crippen LogP contribution >= 0.6 is 0 Å². The third kappa shape index (κ3) is 6.91. The van der Waals surface area contributed by atoms with E-state index in [4.69, 9.17) is 9.47 Å². The standard InChI is InChI=1S/C14H19NO7/c1-20-13-10-11(4-6-12(13)16)5-7-14(17)21-8-2-3-9-22-15(18)19/h4-7,10,14,16-17H,2-3,8-9H2,1H3. The molecule has 0 saturated heterocycles. The Morgan fingerprint density at radius 2 is 2.09 bits per heavy atom. The van der Waals surface area contributed by atoms with Crippen LogP contribution in [0.1, 0.15) is 18.4 Å². The molecule has 0 spiro atoms. The molecule has 1 rings (SSSR count). The van der Waals surface area contributed by atoms with E-state index >= 15 is 0 Å². The van der Waals surface area contributed by atoms with Crippen LogP contribution in [-0.2, 0) is 9.57 Å². The Morgan fingerprint density at radius 1 is 1.36 bits per heavy atom. The van der Waals surface area contributed by atoms with Crippen molar-refractivity contribution in [1.29, 1.82) is 0 Å². The molecular formula is C14H19NO7. The Morgan fingerprint density at radius 3 is 2.77 bits per heavy atom. The number of unbranched alkanes of at least 4 members (excludes halogenated alkanes) is 1. The van der Waals surface area contributed by atoms with E-state index in [0.717, 1.165) is 5.56 Å². The molecule has 1 unspecified atom stereocenters. The first-order chi connectivity index (χ1) is 10.5. The molecule has 8 nitrogen and oxygen atoms in total. The van der Waals surface area contributed by atoms with E-state index in [0.29, 0.717) is 18.6 Å². The lowest BCUT2D eigenvalue weighted by molar-refractivity contribution is -0.757. The zero-order valence-corrected chi connectivity index (χ0v) is 12.2. The highest BCUT2D eigenvalue weighted by molar-refractivity contribution is 5.55. The Labute approximate surface area is 127 Å². The van der Waals surface area contributed by atoms with Crippen LogP contribution in [0.25, 0.3) is 6.08 Å². The third-order valence-electron chi connectivity index (χ3n) is 2.68. The van der Waals surface area contributed by atoms with Gasteiger partial charge in [0.1, 0.15) is 0 Å². The number of nitrogens with zero attached hydrogens (tertiary/aromatic N) is 1. The fraction of sp³-hybridized carbons (Fsp3) is 0.429. The summed E-state index contributed by atoms with van der Waals surface area (Å²) in [6.45, 7) is 0.265. The van der Waals surface area contributed by atoms with Crippen molar-refractivity contribution < 1.29 is 29.6 Å². The number of ether oxygens (including phenoxy) is 2. The second-order valence-corrected chi connectivity index (χ2v) is 4.32. The van der Waals surface area contributed by atoms with E-state index in [9.17, 15) is 20.3 Å². The van der Waals surface area contributed by atoms with Gasteiger partial charge in [0.15, 0.2) is 17.8 Å². The van der Waals surface area contributed by atoms with Gasteiger partial charge in [-0.25, -0.2) is 0 Å². The van der Waals surface area contributed by atoms with Gasteiger partial charge in [-0.3, -0.25) is 0 Å². The maximum absolute atomic E-state index is 9.91. The van der Waals surface area contributed by atoms with Crippen LogP contribution < -0.4 is 4.74 Å². The van der Waals surface area contributed by atoms with E-state index < -0.39 is 11.4 Å². The molecule has 0 bridgehead atoms. The lowest BCUT2D eigenvalue weighted by atomic mass is 10.2. The van der Waals surface area contributed by atoms with Gasteiger partial charge in [0.2, 0.25) is 0 Å². The molecule has 0 aliphatic rings. The summed E-state index contributed by atoms with van der Waals surface area (Å²) in [5.74, 6) is 0.372. The molecule has 1 aromatic rings. The molecule has 0 aliphatic carbocycles. The molecule has 0 aliphatic heterocycles. The molecule has 0 aromatic heterocycles. The van der Waals surface area contributed by atoms with Crippen LogP contribution in [0.5, 0.6) is 11.5 Å². The topological polar surface area (TPSA) is 111 Å². The Hall–Kier alpha value is -2.32. The summed E-state index contributed by atoms with van der Waals surface area (Å²) in [5.41, 5.74) is 0.733. The summed E-state index contributed by atoms with van der Waals surface area (Å²) in [6, 6.07) is 4.77. The molecule has 0 heterocycles. The van der Waals surface area contributed by atoms with Gasteiger partial charge in [-0.05, 0) is 36.6 Å². The maximum atomic E-state index is 9.91. The first-order valence-corrected chi connectivity index (χ1v) is 6.65. The van der Waals surface area contributed by atoms with E-state index in [1.807, 2.05) is 0 Å². The summed E-state index contributed by atoms with van der Waals surface area (Å²) >= 11 is 0. The van der Waals surface area contributed by atoms with Crippen LogP contribution in [0.15, 0.2) is 24.3 Å². The Kier molecular flexibility index (Phi) is 7.73. The summed E-state index contributed by atoms with van der Waals surface area (Å²) in [6.07, 6.45) is 2.98. The minimum absolute atomic E-state index is 0.00952. The summed E-state index contributed by atoms with van der Waals surface area (Å²) in [4.78, 5) is 14.0. The molecular weight excluding hydrogens is 294 g/mol. The molecule has 0 amide bonds. The lowest BCUT2D eigenvalue weighted by Crippen LogP contribution is -2.10. The highest BCUT2D eigenvalue weighted by Gasteiger charge is 2.02. The van der Waals surface area contributed by atoms with Crippen molar-refractivity contribution in [2.24, 2.45) is 0 Å². The summed E-state index contributed by atoms with van der Waals surface area (Å²) in [5, 5.41) is 28.1. The number of benzene rings is 1. The van der Waals surface area contributed by atoms with E-state index in [1.54, 1.807) is 18.2 Å². The zero-order valence-electron chi connectivity index (χ0n) is 12.2. The fourth-order valence-corrected chi connectivity index (χ4v) is 1.59. The van der Waals surface area contributed by atoms with Gasteiger partial charge in [0, 0.05) is 0 Å². The monoisotopic (exact) mass is 313 g/mol. The van der Waals surface area contributed by atoms with E-state index in [1.165, 1.54) is 19.3 Å². The van der Waals surface area contributed by atoms with Crippen LogP contribution in [0.4, 0.5) is 0 Å². The smallest absolute Gasteiger partial charge is 0.294 e. The number of aliphatic hydroxyl groups is 1. The molecule has 0 fully saturated rings. The number of phenols is 1. The van der Waals surface area contributed by atoms with Crippen LogP contribution in [0, 0.1) is 10.1 Å². The van der Waals surface area contributed by atoms with Crippen LogP contribution in [0.2, 0.25) is 0 Å². The van der Waals surface area contributed by atoms with Gasteiger partial charge in [0.25, 0.3) is 5.09 Å². The van der Waals surface area contributed by atoms with Crippen molar-refractivity contribution in [3.63, 3.8) is 0 Å². The minimum Gasteiger partial charge on any atom is -0.504 e. The number of rotatable bonds is 10. The van der Waals surface area contributed by atoms with Gasteiger partial charge in [0.05, 0.1) is 20.3 Å². The molecule has 122 valence electrons. The molecule has 1 atom stereocenters. The van der Waals surface area contributed by atoms with Crippen molar-refractivity contribution in [1.82, 2.24) is 0 Å². The SMILES string of the molecule is COc1cc(C=CC(O)OCCCCO[N+](=O)[O-])ccc1O. The number of methoxy groups -OCH3 is 1. The largest absolute Gasteiger partial charge is 0.504 e. The van der Waals surface area contributed by atoms with Gasteiger partial charge < -0.3 is 24.5 Å². The minimum atomic E-state index is -1.09. The third-order valence-corrected chi connectivity index (χ3v) is 2.68. The second kappa shape index (κ2) is 9.59. The highest BCUT2D eigenvalue weighted by Crippen LogP contribution is 2.26. The molecule has 22 heavy (non-hydrogen) atoms. The van der Waals surface area contributed by atoms with Crippen LogP contribution in [-0.4, -0.2) is 41.9 Å². The fourth-order valence-electron chi connectivity index (χ4n) is 1.59. The summed E-state index contributed by atoms with van der Waals surface area (Å²) < 4.78 is 10.1. The normalized spacial score (nSPS) is 12.3. The summed E-state index contributed by atoms with van der Waals surface area (Å²) in [7, 11) is 1.45. The number of hydrogen-bond acceptors (Lipinski definition) is 7. The zero-order chi connectivity index (χ0) is 16.4. The molecule has 1 aromatic carbocycles. The van der Waals surface area contributed by atoms with E-state index in [-0.39, 0.29) is 19.0 Å². The first kappa shape index (κ1) is 17.7.